The van der Waals surface area contributed by atoms with Gasteiger partial charge in [0.2, 0.25) is 0 Å². The second kappa shape index (κ2) is 13.7. The van der Waals surface area contributed by atoms with E-state index in [0.717, 1.165) is 36.7 Å². The molecule has 0 aliphatic carbocycles. The van der Waals surface area contributed by atoms with Crippen LogP contribution >= 0.6 is 24.0 Å². The van der Waals surface area contributed by atoms with Crippen molar-refractivity contribution in [3.63, 3.8) is 0 Å². The van der Waals surface area contributed by atoms with E-state index in [1.54, 1.807) is 7.11 Å². The first-order valence-electron chi connectivity index (χ1n) is 8.30. The summed E-state index contributed by atoms with van der Waals surface area (Å²) in [6, 6.07) is 7.97. The van der Waals surface area contributed by atoms with Crippen molar-refractivity contribution >= 4 is 35.9 Å². The molecular weight excluding hydrogens is 433 g/mol. The molecule has 0 unspecified atom stereocenters. The lowest BCUT2D eigenvalue weighted by molar-refractivity contribution is -0.140. The molecule has 0 atom stereocenters. The number of hydrogen-bond donors (Lipinski definition) is 1. The second-order valence-corrected chi connectivity index (χ2v) is 5.44. The molecule has 0 aliphatic heterocycles. The number of carbonyl (C=O) groups excluding carboxylic acids is 1. The zero-order valence-corrected chi connectivity index (χ0v) is 17.9. The molecule has 0 saturated carbocycles. The molecule has 1 rings (SSSR count). The van der Waals surface area contributed by atoms with Crippen molar-refractivity contribution in [1.29, 1.82) is 0 Å². The van der Waals surface area contributed by atoms with Gasteiger partial charge in [0.05, 0.1) is 14.2 Å². The maximum absolute atomic E-state index is 11.1. The molecule has 0 fully saturated rings. The van der Waals surface area contributed by atoms with Gasteiger partial charge in [0.1, 0.15) is 5.75 Å². The average Bonchev–Trinajstić information content (AvgIpc) is 2.60. The molecule has 1 aromatic carbocycles. The van der Waals surface area contributed by atoms with Crippen LogP contribution in [0.5, 0.6) is 5.75 Å². The quantitative estimate of drug-likeness (QED) is 0.201. The number of para-hydroxylation sites is 1. The number of rotatable bonds is 9. The van der Waals surface area contributed by atoms with Crippen molar-refractivity contribution in [3.8, 4) is 5.75 Å². The van der Waals surface area contributed by atoms with Crippen molar-refractivity contribution in [3.05, 3.63) is 29.8 Å². The van der Waals surface area contributed by atoms with Gasteiger partial charge in [-0.15, -0.1) is 24.0 Å². The van der Waals surface area contributed by atoms with E-state index < -0.39 is 0 Å². The average molecular weight is 463 g/mol. The molecular formula is C18H30IN3O3. The highest BCUT2D eigenvalue weighted by Gasteiger charge is 2.09. The molecule has 1 aromatic rings. The van der Waals surface area contributed by atoms with Gasteiger partial charge < -0.3 is 19.7 Å². The Hall–Kier alpha value is -1.51. The Labute approximate surface area is 168 Å². The van der Waals surface area contributed by atoms with Crippen molar-refractivity contribution in [2.45, 2.75) is 32.7 Å². The first kappa shape index (κ1) is 23.5. The molecule has 0 heterocycles. The van der Waals surface area contributed by atoms with Crippen LogP contribution in [0, 0.1) is 0 Å². The van der Waals surface area contributed by atoms with Crippen molar-refractivity contribution < 1.29 is 14.3 Å². The number of halogens is 1. The Morgan fingerprint density at radius 3 is 2.60 bits per heavy atom. The van der Waals surface area contributed by atoms with Crippen LogP contribution in [0.4, 0.5) is 0 Å². The molecule has 0 aliphatic rings. The number of carbonyl (C=O) groups is 1. The molecule has 7 heteroatoms. The van der Waals surface area contributed by atoms with E-state index in [-0.39, 0.29) is 29.9 Å². The topological polar surface area (TPSA) is 63.2 Å². The highest BCUT2D eigenvalue weighted by molar-refractivity contribution is 14.0. The van der Waals surface area contributed by atoms with Gasteiger partial charge in [-0.3, -0.25) is 9.79 Å². The number of benzene rings is 1. The van der Waals surface area contributed by atoms with Crippen LogP contribution in [0.2, 0.25) is 0 Å². The molecule has 0 aromatic heterocycles. The normalized spacial score (nSPS) is 10.6. The number of hydrogen-bond acceptors (Lipinski definition) is 4. The first-order chi connectivity index (χ1) is 11.6. The van der Waals surface area contributed by atoms with E-state index in [0.29, 0.717) is 19.5 Å². The minimum Gasteiger partial charge on any atom is -0.496 e. The number of guanidine groups is 1. The van der Waals surface area contributed by atoms with Gasteiger partial charge in [-0.2, -0.15) is 0 Å². The van der Waals surface area contributed by atoms with Gasteiger partial charge in [-0.25, -0.2) is 0 Å². The van der Waals surface area contributed by atoms with E-state index in [9.17, 15) is 4.79 Å². The predicted octanol–water partition coefficient (Wildman–Crippen LogP) is 3.05. The molecule has 0 bridgehead atoms. The van der Waals surface area contributed by atoms with Crippen LogP contribution in [0.25, 0.3) is 0 Å². The summed E-state index contributed by atoms with van der Waals surface area (Å²) in [6.07, 6.45) is 2.08. The Morgan fingerprint density at radius 1 is 1.24 bits per heavy atom. The van der Waals surface area contributed by atoms with Crippen LogP contribution in [0.15, 0.2) is 29.3 Å². The zero-order valence-electron chi connectivity index (χ0n) is 15.6. The fourth-order valence-corrected chi connectivity index (χ4v) is 2.30. The first-order valence-corrected chi connectivity index (χ1v) is 8.30. The van der Waals surface area contributed by atoms with Crippen LogP contribution in [-0.4, -0.2) is 51.2 Å². The number of unbranched alkanes of at least 4 members (excludes halogenated alkanes) is 1. The molecule has 0 amide bonds. The minimum absolute atomic E-state index is 0. The second-order valence-electron chi connectivity index (χ2n) is 5.44. The highest BCUT2D eigenvalue weighted by Crippen LogP contribution is 2.18. The Kier molecular flexibility index (Phi) is 12.9. The van der Waals surface area contributed by atoms with Crippen LogP contribution in [0.3, 0.4) is 0 Å². The molecule has 0 radical (unpaired) electrons. The summed E-state index contributed by atoms with van der Waals surface area (Å²) < 4.78 is 10.0. The number of aliphatic imine (C=N–C) groups is 1. The van der Waals surface area contributed by atoms with Crippen LogP contribution in [-0.2, 0) is 16.1 Å². The maximum atomic E-state index is 11.1. The van der Waals surface area contributed by atoms with Crippen LogP contribution in [0.1, 0.15) is 31.7 Å². The lowest BCUT2D eigenvalue weighted by Crippen LogP contribution is -2.38. The van der Waals surface area contributed by atoms with Gasteiger partial charge in [0.25, 0.3) is 0 Å². The summed E-state index contributed by atoms with van der Waals surface area (Å²) >= 11 is 0. The van der Waals surface area contributed by atoms with Gasteiger partial charge >= 0.3 is 5.97 Å². The maximum Gasteiger partial charge on any atom is 0.305 e. The SMILES string of the molecule is CCNC(=NCCCCC(=O)OC)N(C)Cc1ccccc1OC.I. The lowest BCUT2D eigenvalue weighted by atomic mass is 10.2. The summed E-state index contributed by atoms with van der Waals surface area (Å²) in [4.78, 5) is 17.8. The Morgan fingerprint density at radius 2 is 1.96 bits per heavy atom. The third kappa shape index (κ3) is 8.94. The molecule has 0 spiro atoms. The van der Waals surface area contributed by atoms with E-state index in [2.05, 4.69) is 26.0 Å². The number of esters is 1. The fraction of sp³-hybridized carbons (Fsp3) is 0.556. The highest BCUT2D eigenvalue weighted by atomic mass is 127. The predicted molar refractivity (Wildman–Crippen MR) is 112 cm³/mol. The van der Waals surface area contributed by atoms with E-state index in [4.69, 9.17) is 4.74 Å². The minimum atomic E-state index is -0.167. The summed E-state index contributed by atoms with van der Waals surface area (Å²) in [6.45, 7) is 4.23. The van der Waals surface area contributed by atoms with E-state index in [1.807, 2.05) is 32.2 Å². The van der Waals surface area contributed by atoms with Crippen molar-refractivity contribution in [1.82, 2.24) is 10.2 Å². The zero-order chi connectivity index (χ0) is 17.8. The number of ether oxygens (including phenoxy) is 2. The van der Waals surface area contributed by atoms with Crippen molar-refractivity contribution in [2.75, 3.05) is 34.4 Å². The number of methoxy groups -OCH3 is 2. The third-order valence-corrected chi connectivity index (χ3v) is 3.57. The van der Waals surface area contributed by atoms with Gasteiger partial charge in [-0.05, 0) is 25.8 Å². The summed E-state index contributed by atoms with van der Waals surface area (Å²) in [5.41, 5.74) is 1.11. The third-order valence-electron chi connectivity index (χ3n) is 3.57. The molecule has 25 heavy (non-hydrogen) atoms. The van der Waals surface area contributed by atoms with E-state index in [1.165, 1.54) is 7.11 Å². The monoisotopic (exact) mass is 463 g/mol. The summed E-state index contributed by atoms with van der Waals surface area (Å²) in [7, 11) is 5.10. The van der Waals surface area contributed by atoms with Gasteiger partial charge in [-0.1, -0.05) is 18.2 Å². The van der Waals surface area contributed by atoms with Gasteiger partial charge in [0.15, 0.2) is 5.96 Å². The fourth-order valence-electron chi connectivity index (χ4n) is 2.30. The lowest BCUT2D eigenvalue weighted by Gasteiger charge is -2.23. The smallest absolute Gasteiger partial charge is 0.305 e. The van der Waals surface area contributed by atoms with Crippen molar-refractivity contribution in [2.24, 2.45) is 4.99 Å². The summed E-state index contributed by atoms with van der Waals surface area (Å²) in [5.74, 6) is 1.55. The molecule has 6 nitrogen and oxygen atoms in total. The Bertz CT molecular complexity index is 538. The van der Waals surface area contributed by atoms with Crippen LogP contribution < -0.4 is 10.1 Å². The number of nitrogens with one attached hydrogen (secondary N) is 1. The largest absolute Gasteiger partial charge is 0.496 e. The van der Waals surface area contributed by atoms with Gasteiger partial charge in [0, 0.05) is 38.7 Å². The molecule has 0 saturated heterocycles. The van der Waals surface area contributed by atoms with E-state index >= 15 is 0 Å². The number of nitrogens with zero attached hydrogens (tertiary/aromatic N) is 2. The summed E-state index contributed by atoms with van der Waals surface area (Å²) in [5, 5.41) is 3.29. The molecule has 1 N–H and O–H groups in total. The Balaban J connectivity index is 0.00000576. The standard InChI is InChI=1S/C18H29N3O3.HI/c1-5-19-18(20-13-9-8-12-17(22)24-4)21(2)14-15-10-6-7-11-16(15)23-3;/h6-7,10-11H,5,8-9,12-14H2,1-4H3,(H,19,20);1H. The molecule has 142 valence electrons.